The van der Waals surface area contributed by atoms with Crippen LogP contribution in [0.5, 0.6) is 0 Å². The summed E-state index contributed by atoms with van der Waals surface area (Å²) in [5.74, 6) is 1.41. The second-order valence-corrected chi connectivity index (χ2v) is 8.45. The Bertz CT molecular complexity index is 594. The van der Waals surface area contributed by atoms with Gasteiger partial charge in [-0.3, -0.25) is 0 Å². The molecule has 3 atom stereocenters. The molecule has 1 fully saturated rings. The third-order valence-corrected chi connectivity index (χ3v) is 6.46. The molecule has 2 aliphatic rings. The van der Waals surface area contributed by atoms with Gasteiger partial charge in [-0.2, -0.15) is 0 Å². The number of allylic oxidation sites excluding steroid dienone is 2. The number of aryl methyl sites for hydroxylation is 1. The van der Waals surface area contributed by atoms with Gasteiger partial charge >= 0.3 is 0 Å². The van der Waals surface area contributed by atoms with E-state index in [2.05, 4.69) is 37.3 Å². The lowest BCUT2D eigenvalue weighted by atomic mass is 9.79. The fraction of sp³-hybridized carbons (Fsp3) is 0.652. The molecule has 0 bridgehead atoms. The molecule has 25 heavy (non-hydrogen) atoms. The monoisotopic (exact) mass is 341 g/mol. The molecule has 0 aromatic heterocycles. The van der Waals surface area contributed by atoms with Crippen LogP contribution in [-0.2, 0) is 12.8 Å². The molecule has 0 heterocycles. The van der Waals surface area contributed by atoms with E-state index < -0.39 is 0 Å². The van der Waals surface area contributed by atoms with Crippen LogP contribution < -0.4 is 5.73 Å². The van der Waals surface area contributed by atoms with Gasteiger partial charge in [0.05, 0.1) is 6.61 Å². The molecule has 2 heteroatoms. The highest BCUT2D eigenvalue weighted by molar-refractivity contribution is 5.36. The number of aliphatic hydroxyl groups excluding tert-OH is 1. The summed E-state index contributed by atoms with van der Waals surface area (Å²) in [6, 6.07) is 7.17. The largest absolute Gasteiger partial charge is 0.394 e. The summed E-state index contributed by atoms with van der Waals surface area (Å²) in [5, 5.41) is 9.50. The van der Waals surface area contributed by atoms with Gasteiger partial charge in [-0.1, -0.05) is 43.2 Å². The minimum absolute atomic E-state index is 0.115. The second kappa shape index (κ2) is 8.51. The van der Waals surface area contributed by atoms with Crippen molar-refractivity contribution in [2.24, 2.45) is 11.7 Å². The molecule has 0 saturated heterocycles. The molecular formula is C23H35NO. The Labute approximate surface area is 153 Å². The van der Waals surface area contributed by atoms with Crippen LogP contribution in [0.25, 0.3) is 0 Å². The quantitative estimate of drug-likeness (QED) is 0.548. The van der Waals surface area contributed by atoms with Crippen molar-refractivity contribution in [1.29, 1.82) is 0 Å². The first kappa shape index (κ1) is 18.7. The highest BCUT2D eigenvalue weighted by Gasteiger charge is 2.36. The predicted molar refractivity (Wildman–Crippen MR) is 106 cm³/mol. The summed E-state index contributed by atoms with van der Waals surface area (Å²) in [6.45, 7) is 2.22. The summed E-state index contributed by atoms with van der Waals surface area (Å²) < 4.78 is 0. The van der Waals surface area contributed by atoms with Gasteiger partial charge in [0.1, 0.15) is 0 Å². The lowest BCUT2D eigenvalue weighted by molar-refractivity contribution is 0.198. The molecule has 0 spiro atoms. The lowest BCUT2D eigenvalue weighted by Crippen LogP contribution is -2.40. The molecule has 0 unspecified atom stereocenters. The van der Waals surface area contributed by atoms with Gasteiger partial charge < -0.3 is 10.8 Å². The second-order valence-electron chi connectivity index (χ2n) is 8.45. The van der Waals surface area contributed by atoms with Gasteiger partial charge in [0.2, 0.25) is 0 Å². The molecule has 1 aromatic carbocycles. The normalized spacial score (nSPS) is 29.2. The minimum Gasteiger partial charge on any atom is -0.394 e. The van der Waals surface area contributed by atoms with Crippen LogP contribution in [0.1, 0.15) is 80.9 Å². The van der Waals surface area contributed by atoms with Crippen molar-refractivity contribution in [2.75, 3.05) is 6.61 Å². The molecule has 138 valence electrons. The topological polar surface area (TPSA) is 46.2 Å². The summed E-state index contributed by atoms with van der Waals surface area (Å²) in [4.78, 5) is 0. The van der Waals surface area contributed by atoms with E-state index >= 15 is 0 Å². The van der Waals surface area contributed by atoms with Gasteiger partial charge in [-0.25, -0.2) is 0 Å². The van der Waals surface area contributed by atoms with Crippen molar-refractivity contribution in [3.05, 3.63) is 47.0 Å². The van der Waals surface area contributed by atoms with Crippen molar-refractivity contribution in [1.82, 2.24) is 0 Å². The molecule has 3 rings (SSSR count). The van der Waals surface area contributed by atoms with Crippen LogP contribution in [0.2, 0.25) is 0 Å². The molecule has 1 aromatic rings. The van der Waals surface area contributed by atoms with Crippen LogP contribution in [0, 0.1) is 5.92 Å². The van der Waals surface area contributed by atoms with Gasteiger partial charge in [-0.15, -0.1) is 0 Å². The zero-order valence-corrected chi connectivity index (χ0v) is 15.8. The van der Waals surface area contributed by atoms with E-state index in [-0.39, 0.29) is 12.1 Å². The van der Waals surface area contributed by atoms with Gasteiger partial charge in [-0.05, 0) is 86.8 Å². The number of aliphatic hydroxyl groups is 1. The number of fused-ring (bicyclic) bond motifs is 1. The summed E-state index contributed by atoms with van der Waals surface area (Å²) in [7, 11) is 0. The van der Waals surface area contributed by atoms with Gasteiger partial charge in [0.25, 0.3) is 0 Å². The SMILES string of the molecule is C/C=C\CCCC[C@@H]1CCc2cc([C@H]3CC[C@](N)(CO)C3)ccc2C1. The standard InChI is InChI=1S/C23H35NO/c1-2-3-4-5-6-7-18-8-9-20-15-21(11-10-19(20)14-18)22-12-13-23(24,16-22)17-25/h2-3,10-11,15,18,22,25H,4-9,12-14,16-17,24H2,1H3/b3-2-/t18-,22+,23-/m1/s1. The Morgan fingerprint density at radius 1 is 1.24 bits per heavy atom. The smallest absolute Gasteiger partial charge is 0.0611 e. The maximum atomic E-state index is 9.50. The molecule has 0 aliphatic heterocycles. The first-order valence-electron chi connectivity index (χ1n) is 10.3. The van der Waals surface area contributed by atoms with Crippen LogP contribution >= 0.6 is 0 Å². The Morgan fingerprint density at radius 3 is 2.88 bits per heavy atom. The van der Waals surface area contributed by atoms with Crippen LogP contribution in [0.15, 0.2) is 30.4 Å². The zero-order valence-electron chi connectivity index (χ0n) is 15.8. The van der Waals surface area contributed by atoms with E-state index in [0.29, 0.717) is 5.92 Å². The number of hydrogen-bond acceptors (Lipinski definition) is 2. The van der Waals surface area contributed by atoms with E-state index in [1.807, 2.05) is 0 Å². The van der Waals surface area contributed by atoms with Crippen molar-refractivity contribution in [2.45, 2.75) is 82.6 Å². The molecule has 1 saturated carbocycles. The van der Waals surface area contributed by atoms with Crippen molar-refractivity contribution < 1.29 is 5.11 Å². The van der Waals surface area contributed by atoms with E-state index in [0.717, 1.165) is 25.2 Å². The molecule has 2 nitrogen and oxygen atoms in total. The van der Waals surface area contributed by atoms with Crippen molar-refractivity contribution >= 4 is 0 Å². The van der Waals surface area contributed by atoms with E-state index in [1.165, 1.54) is 50.5 Å². The minimum atomic E-state index is -0.349. The Morgan fingerprint density at radius 2 is 2.12 bits per heavy atom. The highest BCUT2D eigenvalue weighted by atomic mass is 16.3. The van der Waals surface area contributed by atoms with Crippen LogP contribution in [0.4, 0.5) is 0 Å². The number of unbranched alkanes of at least 4 members (excludes halogenated alkanes) is 2. The molecule has 0 amide bonds. The third-order valence-electron chi connectivity index (χ3n) is 6.46. The van der Waals surface area contributed by atoms with Crippen LogP contribution in [0.3, 0.4) is 0 Å². The predicted octanol–water partition coefficient (Wildman–Crippen LogP) is 4.89. The first-order chi connectivity index (χ1) is 12.1. The maximum Gasteiger partial charge on any atom is 0.0611 e. The Balaban J connectivity index is 1.55. The average Bonchev–Trinajstić information content (AvgIpc) is 3.04. The number of nitrogens with two attached hydrogens (primary N) is 1. The summed E-state index contributed by atoms with van der Waals surface area (Å²) in [5.41, 5.74) is 10.5. The number of rotatable bonds is 7. The molecular weight excluding hydrogens is 306 g/mol. The summed E-state index contributed by atoms with van der Waals surface area (Å²) >= 11 is 0. The fourth-order valence-corrected chi connectivity index (χ4v) is 4.80. The van der Waals surface area contributed by atoms with E-state index in [4.69, 9.17) is 5.73 Å². The Hall–Kier alpha value is -1.12. The number of benzene rings is 1. The third kappa shape index (κ3) is 4.74. The van der Waals surface area contributed by atoms with Gasteiger partial charge in [0, 0.05) is 5.54 Å². The zero-order chi connectivity index (χ0) is 17.7. The van der Waals surface area contributed by atoms with Crippen molar-refractivity contribution in [3.8, 4) is 0 Å². The van der Waals surface area contributed by atoms with E-state index in [1.54, 1.807) is 11.1 Å². The fourth-order valence-electron chi connectivity index (χ4n) is 4.80. The van der Waals surface area contributed by atoms with Crippen molar-refractivity contribution in [3.63, 3.8) is 0 Å². The number of hydrogen-bond donors (Lipinski definition) is 2. The van der Waals surface area contributed by atoms with Crippen LogP contribution in [-0.4, -0.2) is 17.3 Å². The molecule has 3 N–H and O–H groups in total. The first-order valence-corrected chi connectivity index (χ1v) is 10.3. The molecule has 2 aliphatic carbocycles. The average molecular weight is 342 g/mol. The Kier molecular flexibility index (Phi) is 6.35. The summed E-state index contributed by atoms with van der Waals surface area (Å²) in [6.07, 6.45) is 16.6. The highest BCUT2D eigenvalue weighted by Crippen LogP contribution is 2.40. The lowest BCUT2D eigenvalue weighted by Gasteiger charge is -2.26. The maximum absolute atomic E-state index is 9.50. The van der Waals surface area contributed by atoms with E-state index in [9.17, 15) is 5.11 Å². The molecule has 0 radical (unpaired) electrons. The van der Waals surface area contributed by atoms with Gasteiger partial charge in [0.15, 0.2) is 0 Å².